The lowest BCUT2D eigenvalue weighted by molar-refractivity contribution is -0.114. The summed E-state index contributed by atoms with van der Waals surface area (Å²) in [4.78, 5) is 10.6. The average Bonchev–Trinajstić information content (AvgIpc) is 2.34. The van der Waals surface area contributed by atoms with Gasteiger partial charge in [0.1, 0.15) is 11.5 Å². The molecule has 1 saturated heterocycles. The minimum atomic E-state index is -3.24. The van der Waals surface area contributed by atoms with Crippen LogP contribution in [0.3, 0.4) is 0 Å². The second kappa shape index (κ2) is 4.19. The highest BCUT2D eigenvalue weighted by Crippen LogP contribution is 2.14. The highest BCUT2D eigenvalue weighted by Gasteiger charge is 2.24. The van der Waals surface area contributed by atoms with Crippen LogP contribution in [-0.2, 0) is 19.4 Å². The van der Waals surface area contributed by atoms with Crippen molar-refractivity contribution in [1.29, 1.82) is 0 Å². The number of ketones is 1. The van der Waals surface area contributed by atoms with E-state index in [-0.39, 0.29) is 23.4 Å². The van der Waals surface area contributed by atoms with Crippen molar-refractivity contribution >= 4 is 15.6 Å². The van der Waals surface area contributed by atoms with Gasteiger partial charge in [0, 0.05) is 6.61 Å². The first kappa shape index (κ1) is 10.7. The Morgan fingerprint density at radius 3 is 2.69 bits per heavy atom. The van der Waals surface area contributed by atoms with Crippen LogP contribution in [0.25, 0.3) is 0 Å². The summed E-state index contributed by atoms with van der Waals surface area (Å²) in [5, 5.41) is 0. The Labute approximate surface area is 78.2 Å². The van der Waals surface area contributed by atoms with Crippen LogP contribution in [0.15, 0.2) is 0 Å². The van der Waals surface area contributed by atoms with Gasteiger partial charge in [-0.15, -0.1) is 0 Å². The summed E-state index contributed by atoms with van der Waals surface area (Å²) in [5.74, 6) is -0.669. The van der Waals surface area contributed by atoms with Crippen LogP contribution in [0.2, 0.25) is 0 Å². The molecule has 1 atom stereocenters. The predicted octanol–water partition coefficient (Wildman–Crippen LogP) is 0.169. The van der Waals surface area contributed by atoms with Gasteiger partial charge in [-0.2, -0.15) is 0 Å². The van der Waals surface area contributed by atoms with Crippen molar-refractivity contribution in [3.63, 3.8) is 0 Å². The molecule has 0 aliphatic carbocycles. The Morgan fingerprint density at radius 2 is 2.23 bits per heavy atom. The van der Waals surface area contributed by atoms with Crippen LogP contribution in [0.4, 0.5) is 0 Å². The molecule has 1 heterocycles. The Hall–Kier alpha value is -0.420. The van der Waals surface area contributed by atoms with Crippen molar-refractivity contribution in [2.75, 3.05) is 18.1 Å². The predicted molar refractivity (Wildman–Crippen MR) is 48.3 cm³/mol. The Morgan fingerprint density at radius 1 is 1.54 bits per heavy atom. The summed E-state index contributed by atoms with van der Waals surface area (Å²) >= 11 is 0. The molecule has 0 bridgehead atoms. The monoisotopic (exact) mass is 206 g/mol. The third kappa shape index (κ3) is 3.87. The summed E-state index contributed by atoms with van der Waals surface area (Å²) in [6, 6.07) is 0. The molecule has 0 saturated carbocycles. The van der Waals surface area contributed by atoms with Gasteiger partial charge in [0.2, 0.25) is 0 Å². The normalized spacial score (nSPS) is 23.3. The molecule has 1 unspecified atom stereocenters. The quantitative estimate of drug-likeness (QED) is 0.658. The van der Waals surface area contributed by atoms with Crippen LogP contribution in [0.5, 0.6) is 0 Å². The average molecular weight is 206 g/mol. The molecule has 0 aromatic heterocycles. The molecule has 0 aromatic carbocycles. The standard InChI is InChI=1S/C8H14O4S/c1-7(9)5-13(10,11)6-8-3-2-4-12-8/h8H,2-6H2,1H3. The van der Waals surface area contributed by atoms with Crippen molar-refractivity contribution in [1.82, 2.24) is 0 Å². The fraction of sp³-hybridized carbons (Fsp3) is 0.875. The molecular weight excluding hydrogens is 192 g/mol. The number of Topliss-reactive ketones (excluding diaryl/α,β-unsaturated/α-hetero) is 1. The zero-order valence-corrected chi connectivity index (χ0v) is 8.47. The summed E-state index contributed by atoms with van der Waals surface area (Å²) < 4.78 is 27.8. The summed E-state index contributed by atoms with van der Waals surface area (Å²) in [6.07, 6.45) is 1.52. The molecule has 13 heavy (non-hydrogen) atoms. The Kier molecular flexibility index (Phi) is 3.44. The highest BCUT2D eigenvalue weighted by atomic mass is 32.2. The molecule has 1 fully saturated rings. The van der Waals surface area contributed by atoms with Crippen LogP contribution in [0.1, 0.15) is 19.8 Å². The van der Waals surface area contributed by atoms with Gasteiger partial charge < -0.3 is 4.74 Å². The molecule has 1 rings (SSSR count). The van der Waals surface area contributed by atoms with Crippen LogP contribution >= 0.6 is 0 Å². The van der Waals surface area contributed by atoms with E-state index in [4.69, 9.17) is 4.74 Å². The molecule has 0 aromatic rings. The fourth-order valence-corrected chi connectivity index (χ4v) is 2.99. The maximum atomic E-state index is 11.3. The fourth-order valence-electron chi connectivity index (χ4n) is 1.43. The van der Waals surface area contributed by atoms with E-state index >= 15 is 0 Å². The number of carbonyl (C=O) groups excluding carboxylic acids is 1. The molecule has 4 nitrogen and oxygen atoms in total. The summed E-state index contributed by atoms with van der Waals surface area (Å²) in [5.41, 5.74) is 0. The molecule has 76 valence electrons. The number of rotatable bonds is 4. The number of ether oxygens (including phenoxy) is 1. The van der Waals surface area contributed by atoms with Gasteiger partial charge in [-0.25, -0.2) is 8.42 Å². The third-order valence-electron chi connectivity index (χ3n) is 1.89. The Balaban J connectivity index is 2.46. The van der Waals surface area contributed by atoms with Gasteiger partial charge in [0.25, 0.3) is 0 Å². The van der Waals surface area contributed by atoms with Gasteiger partial charge >= 0.3 is 0 Å². The van der Waals surface area contributed by atoms with Crippen molar-refractivity contribution in [2.45, 2.75) is 25.9 Å². The topological polar surface area (TPSA) is 60.4 Å². The molecule has 0 radical (unpaired) electrons. The first-order chi connectivity index (χ1) is 5.99. The van der Waals surface area contributed by atoms with Crippen LogP contribution < -0.4 is 0 Å². The second-order valence-electron chi connectivity index (χ2n) is 3.39. The van der Waals surface area contributed by atoms with Crippen molar-refractivity contribution < 1.29 is 17.9 Å². The molecule has 0 spiro atoms. The van der Waals surface area contributed by atoms with Gasteiger partial charge in [0.05, 0.1) is 11.9 Å². The van der Waals surface area contributed by atoms with E-state index < -0.39 is 9.84 Å². The van der Waals surface area contributed by atoms with E-state index in [1.165, 1.54) is 6.92 Å². The van der Waals surface area contributed by atoms with Crippen molar-refractivity contribution in [2.24, 2.45) is 0 Å². The zero-order valence-electron chi connectivity index (χ0n) is 7.65. The van der Waals surface area contributed by atoms with E-state index in [0.717, 1.165) is 12.8 Å². The van der Waals surface area contributed by atoms with E-state index in [2.05, 4.69) is 0 Å². The third-order valence-corrected chi connectivity index (χ3v) is 3.61. The maximum Gasteiger partial charge on any atom is 0.159 e. The highest BCUT2D eigenvalue weighted by molar-refractivity contribution is 7.92. The minimum Gasteiger partial charge on any atom is -0.377 e. The van der Waals surface area contributed by atoms with Crippen LogP contribution in [0, 0.1) is 0 Å². The molecular formula is C8H14O4S. The number of sulfone groups is 1. The number of hydrogen-bond donors (Lipinski definition) is 0. The minimum absolute atomic E-state index is 0.00736. The van der Waals surface area contributed by atoms with E-state index in [0.29, 0.717) is 6.61 Å². The lowest BCUT2D eigenvalue weighted by Gasteiger charge is -2.08. The van der Waals surface area contributed by atoms with Gasteiger partial charge in [-0.05, 0) is 19.8 Å². The lowest BCUT2D eigenvalue weighted by atomic mass is 10.3. The first-order valence-electron chi connectivity index (χ1n) is 4.31. The van der Waals surface area contributed by atoms with Crippen molar-refractivity contribution in [3.05, 3.63) is 0 Å². The zero-order chi connectivity index (χ0) is 9.90. The van der Waals surface area contributed by atoms with Crippen molar-refractivity contribution in [3.8, 4) is 0 Å². The Bertz CT molecular complexity index is 275. The lowest BCUT2D eigenvalue weighted by Crippen LogP contribution is -2.25. The molecule has 1 aliphatic rings. The van der Waals surface area contributed by atoms with Gasteiger partial charge in [-0.3, -0.25) is 4.79 Å². The molecule has 5 heteroatoms. The number of hydrogen-bond acceptors (Lipinski definition) is 4. The second-order valence-corrected chi connectivity index (χ2v) is 5.50. The molecule has 1 aliphatic heterocycles. The first-order valence-corrected chi connectivity index (χ1v) is 6.13. The number of carbonyl (C=O) groups is 1. The van der Waals surface area contributed by atoms with Gasteiger partial charge in [0.15, 0.2) is 9.84 Å². The SMILES string of the molecule is CC(=O)CS(=O)(=O)CC1CCCO1. The molecule has 0 N–H and O–H groups in total. The van der Waals surface area contributed by atoms with Crippen LogP contribution in [-0.4, -0.2) is 38.4 Å². The molecule has 0 amide bonds. The van der Waals surface area contributed by atoms with Gasteiger partial charge in [-0.1, -0.05) is 0 Å². The van der Waals surface area contributed by atoms with E-state index in [9.17, 15) is 13.2 Å². The van der Waals surface area contributed by atoms with E-state index in [1.54, 1.807) is 0 Å². The smallest absolute Gasteiger partial charge is 0.159 e. The largest absolute Gasteiger partial charge is 0.377 e. The summed E-state index contributed by atoms with van der Waals surface area (Å²) in [6.45, 7) is 1.92. The summed E-state index contributed by atoms with van der Waals surface area (Å²) in [7, 11) is -3.24. The van der Waals surface area contributed by atoms with E-state index in [1.807, 2.05) is 0 Å². The maximum absolute atomic E-state index is 11.3.